The molecule has 10 heteroatoms. The topological polar surface area (TPSA) is 139 Å². The molecule has 134 valence electrons. The molecule has 2 unspecified atom stereocenters. The maximum Gasteiger partial charge on any atom is 0.331 e. The zero-order chi connectivity index (χ0) is 18.8. The van der Waals surface area contributed by atoms with Gasteiger partial charge in [0.15, 0.2) is 0 Å². The van der Waals surface area contributed by atoms with E-state index in [1.807, 2.05) is 0 Å². The van der Waals surface area contributed by atoms with E-state index in [9.17, 15) is 29.8 Å². The number of nitro groups is 2. The molecule has 25 heavy (non-hydrogen) atoms. The van der Waals surface area contributed by atoms with Crippen LogP contribution >= 0.6 is 0 Å². The summed E-state index contributed by atoms with van der Waals surface area (Å²) in [6.45, 7) is 2.91. The van der Waals surface area contributed by atoms with E-state index in [1.165, 1.54) is 26.0 Å². The van der Waals surface area contributed by atoms with Crippen molar-refractivity contribution in [1.29, 1.82) is 0 Å². The Morgan fingerprint density at radius 2 is 1.52 bits per heavy atom. The van der Waals surface area contributed by atoms with Gasteiger partial charge in [0.2, 0.25) is 11.5 Å². The van der Waals surface area contributed by atoms with E-state index >= 15 is 0 Å². The fourth-order valence-electron chi connectivity index (χ4n) is 2.99. The van der Waals surface area contributed by atoms with E-state index < -0.39 is 39.2 Å². The Balaban J connectivity index is 2.49. The zero-order valence-electron chi connectivity index (χ0n) is 13.5. The predicted molar refractivity (Wildman–Crippen MR) is 82.3 cm³/mol. The molecule has 0 radical (unpaired) electrons. The van der Waals surface area contributed by atoms with Gasteiger partial charge in [0.05, 0.1) is 24.1 Å². The third-order valence-electron chi connectivity index (χ3n) is 4.08. The van der Waals surface area contributed by atoms with Gasteiger partial charge in [-0.2, -0.15) is 0 Å². The first-order valence-electron chi connectivity index (χ1n) is 7.54. The fraction of sp³-hybridized carbons (Fsp3) is 0.467. The highest BCUT2D eigenvalue weighted by atomic mass is 16.6. The number of hydrogen-bond donors (Lipinski definition) is 0. The molecule has 2 rings (SSSR count). The van der Waals surface area contributed by atoms with Gasteiger partial charge in [0.1, 0.15) is 0 Å². The van der Waals surface area contributed by atoms with Crippen molar-refractivity contribution >= 4 is 17.6 Å². The Morgan fingerprint density at radius 1 is 1.04 bits per heavy atom. The van der Waals surface area contributed by atoms with Crippen molar-refractivity contribution in [2.75, 3.05) is 13.2 Å². The van der Waals surface area contributed by atoms with Crippen LogP contribution in [0.4, 0.5) is 5.69 Å². The van der Waals surface area contributed by atoms with Gasteiger partial charge >= 0.3 is 11.9 Å². The molecule has 0 aromatic heterocycles. The van der Waals surface area contributed by atoms with Crippen LogP contribution in [0.3, 0.4) is 0 Å². The third kappa shape index (κ3) is 2.90. The number of nitro benzene ring substituents is 1. The highest BCUT2D eigenvalue weighted by Gasteiger charge is 2.85. The SMILES string of the molecule is CCOC(=O)C1(C(=O)OCC)C(c2ccc([N+](=O)[O-])cc2)C1[N+](=O)[O-]. The fourth-order valence-corrected chi connectivity index (χ4v) is 2.99. The molecule has 1 aromatic rings. The predicted octanol–water partition coefficient (Wildman–Crippen LogP) is 1.45. The lowest BCUT2D eigenvalue weighted by Gasteiger charge is -2.13. The van der Waals surface area contributed by atoms with Gasteiger partial charge in [0.25, 0.3) is 5.69 Å². The van der Waals surface area contributed by atoms with E-state index in [0.29, 0.717) is 0 Å². The monoisotopic (exact) mass is 352 g/mol. The molecule has 0 aliphatic heterocycles. The molecule has 1 aliphatic carbocycles. The summed E-state index contributed by atoms with van der Waals surface area (Å²) in [4.78, 5) is 45.6. The summed E-state index contributed by atoms with van der Waals surface area (Å²) in [6.07, 6.45) is 0. The van der Waals surface area contributed by atoms with E-state index in [4.69, 9.17) is 9.47 Å². The number of non-ortho nitro benzene ring substituents is 1. The van der Waals surface area contributed by atoms with E-state index in [1.54, 1.807) is 0 Å². The largest absolute Gasteiger partial charge is 0.465 e. The Bertz CT molecular complexity index is 697. The molecule has 1 saturated carbocycles. The highest BCUT2D eigenvalue weighted by Crippen LogP contribution is 2.62. The molecule has 10 nitrogen and oxygen atoms in total. The normalized spacial score (nSPS) is 20.4. The minimum atomic E-state index is -2.08. The average Bonchev–Trinajstić information content (AvgIpc) is 3.27. The van der Waals surface area contributed by atoms with Crippen LogP contribution in [-0.4, -0.2) is 41.0 Å². The van der Waals surface area contributed by atoms with Crippen LogP contribution in [0.5, 0.6) is 0 Å². The summed E-state index contributed by atoms with van der Waals surface area (Å²) in [5, 5.41) is 22.2. The molecule has 1 aromatic carbocycles. The van der Waals surface area contributed by atoms with Gasteiger partial charge in [-0.15, -0.1) is 0 Å². The Labute approximate surface area is 142 Å². The summed E-state index contributed by atoms with van der Waals surface area (Å²) in [5.74, 6) is -3.17. The summed E-state index contributed by atoms with van der Waals surface area (Å²) in [7, 11) is 0. The molecular formula is C15H16N2O8. The summed E-state index contributed by atoms with van der Waals surface area (Å²) in [5.41, 5.74) is -2.03. The van der Waals surface area contributed by atoms with E-state index in [0.717, 1.165) is 12.1 Å². The lowest BCUT2D eigenvalue weighted by Crippen LogP contribution is -2.35. The maximum absolute atomic E-state index is 12.4. The number of carbonyl (C=O) groups is 2. The van der Waals surface area contributed by atoms with Gasteiger partial charge < -0.3 is 9.47 Å². The van der Waals surface area contributed by atoms with Gasteiger partial charge in [-0.1, -0.05) is 12.1 Å². The Hall–Kier alpha value is -3.04. The van der Waals surface area contributed by atoms with Crippen molar-refractivity contribution in [2.24, 2.45) is 5.41 Å². The van der Waals surface area contributed by atoms with Gasteiger partial charge in [-0.3, -0.25) is 29.8 Å². The minimum absolute atomic E-state index is 0.0581. The lowest BCUT2D eigenvalue weighted by atomic mass is 9.99. The molecule has 0 saturated heterocycles. The van der Waals surface area contributed by atoms with Crippen LogP contribution in [0.15, 0.2) is 24.3 Å². The van der Waals surface area contributed by atoms with Crippen molar-refractivity contribution in [1.82, 2.24) is 0 Å². The van der Waals surface area contributed by atoms with Crippen LogP contribution in [0.1, 0.15) is 25.3 Å². The molecule has 2 atom stereocenters. The molecular weight excluding hydrogens is 336 g/mol. The van der Waals surface area contributed by atoms with Crippen LogP contribution in [0.2, 0.25) is 0 Å². The van der Waals surface area contributed by atoms with Gasteiger partial charge in [-0.05, 0) is 19.4 Å². The number of benzene rings is 1. The van der Waals surface area contributed by atoms with Gasteiger partial charge in [-0.25, -0.2) is 0 Å². The van der Waals surface area contributed by atoms with Crippen molar-refractivity contribution in [3.63, 3.8) is 0 Å². The molecule has 0 spiro atoms. The first-order valence-corrected chi connectivity index (χ1v) is 7.54. The minimum Gasteiger partial charge on any atom is -0.465 e. The number of nitrogens with zero attached hydrogens (tertiary/aromatic N) is 2. The number of carbonyl (C=O) groups excluding carboxylic acids is 2. The molecule has 0 amide bonds. The first-order chi connectivity index (χ1) is 11.8. The number of rotatable bonds is 7. The van der Waals surface area contributed by atoms with E-state index in [-0.39, 0.29) is 24.5 Å². The Morgan fingerprint density at radius 3 is 1.88 bits per heavy atom. The first kappa shape index (κ1) is 18.3. The number of ether oxygens (including phenoxy) is 2. The van der Waals surface area contributed by atoms with Crippen molar-refractivity contribution in [3.8, 4) is 0 Å². The second-order valence-electron chi connectivity index (χ2n) is 5.37. The third-order valence-corrected chi connectivity index (χ3v) is 4.08. The van der Waals surface area contributed by atoms with E-state index in [2.05, 4.69) is 0 Å². The van der Waals surface area contributed by atoms with Crippen LogP contribution in [0.25, 0.3) is 0 Å². The molecule has 0 heterocycles. The van der Waals surface area contributed by atoms with Crippen molar-refractivity contribution < 1.29 is 28.9 Å². The molecule has 1 fully saturated rings. The van der Waals surface area contributed by atoms with Crippen LogP contribution in [0, 0.1) is 25.6 Å². The standard InChI is InChI=1S/C15H16N2O8/c1-3-24-13(18)15(14(19)25-4-2)11(12(15)17(22)23)9-5-7-10(8-6-9)16(20)21/h5-8,11-12H,3-4H2,1-2H3. The van der Waals surface area contributed by atoms with Crippen LogP contribution in [-0.2, 0) is 19.1 Å². The average molecular weight is 352 g/mol. The van der Waals surface area contributed by atoms with Crippen LogP contribution < -0.4 is 0 Å². The zero-order valence-corrected chi connectivity index (χ0v) is 13.5. The van der Waals surface area contributed by atoms with Crippen molar-refractivity contribution in [3.05, 3.63) is 50.1 Å². The Kier molecular flexibility index (Phi) is 5.00. The summed E-state index contributed by atoms with van der Waals surface area (Å²) in [6, 6.07) is 3.35. The highest BCUT2D eigenvalue weighted by molar-refractivity contribution is 6.06. The maximum atomic E-state index is 12.4. The summed E-state index contributed by atoms with van der Waals surface area (Å²) < 4.78 is 9.76. The molecule has 0 bridgehead atoms. The second-order valence-corrected chi connectivity index (χ2v) is 5.37. The molecule has 1 aliphatic rings. The lowest BCUT2D eigenvalue weighted by molar-refractivity contribution is -0.501. The van der Waals surface area contributed by atoms with Crippen molar-refractivity contribution in [2.45, 2.75) is 25.8 Å². The second kappa shape index (κ2) is 6.83. The number of esters is 2. The molecule has 0 N–H and O–H groups in total. The summed E-state index contributed by atoms with van der Waals surface area (Å²) >= 11 is 0. The quantitative estimate of drug-likeness (QED) is 0.311. The number of hydrogen-bond acceptors (Lipinski definition) is 8. The smallest absolute Gasteiger partial charge is 0.331 e. The van der Waals surface area contributed by atoms with Gasteiger partial charge in [0, 0.05) is 17.1 Å².